The van der Waals surface area contributed by atoms with Crippen molar-refractivity contribution in [3.05, 3.63) is 57.4 Å². The van der Waals surface area contributed by atoms with Crippen LogP contribution >= 0.6 is 11.6 Å². The summed E-state index contributed by atoms with van der Waals surface area (Å²) in [5, 5.41) is 3.69. The lowest BCUT2D eigenvalue weighted by Crippen LogP contribution is -2.43. The largest absolute Gasteiger partial charge is 0.468 e. The Labute approximate surface area is 186 Å². The van der Waals surface area contributed by atoms with Crippen LogP contribution in [-0.4, -0.2) is 45.2 Å². The van der Waals surface area contributed by atoms with E-state index in [2.05, 4.69) is 5.32 Å². The van der Waals surface area contributed by atoms with Gasteiger partial charge >= 0.3 is 11.9 Å². The number of rotatable bonds is 6. The Hall–Kier alpha value is -2.64. The maximum atomic E-state index is 13.5. The van der Waals surface area contributed by atoms with Gasteiger partial charge in [-0.05, 0) is 37.0 Å². The zero-order chi connectivity index (χ0) is 22.7. The molecule has 31 heavy (non-hydrogen) atoms. The van der Waals surface area contributed by atoms with Crippen molar-refractivity contribution in [2.75, 3.05) is 27.4 Å². The van der Waals surface area contributed by atoms with Crippen molar-refractivity contribution in [3.63, 3.8) is 0 Å². The molecule has 1 aliphatic carbocycles. The molecule has 166 valence electrons. The quantitative estimate of drug-likeness (QED) is 0.407. The summed E-state index contributed by atoms with van der Waals surface area (Å²) >= 11 is 6.23. The second-order valence-corrected chi connectivity index (χ2v) is 8.16. The second-order valence-electron chi connectivity index (χ2n) is 7.72. The van der Waals surface area contributed by atoms with Crippen LogP contribution in [0.4, 0.5) is 0 Å². The minimum absolute atomic E-state index is 0.0794. The van der Waals surface area contributed by atoms with Crippen LogP contribution in [0, 0.1) is 11.8 Å². The van der Waals surface area contributed by atoms with Gasteiger partial charge in [-0.15, -0.1) is 0 Å². The second kappa shape index (κ2) is 9.66. The molecule has 1 aliphatic heterocycles. The Morgan fingerprint density at radius 1 is 1.23 bits per heavy atom. The van der Waals surface area contributed by atoms with E-state index in [9.17, 15) is 14.4 Å². The molecule has 0 amide bonds. The maximum Gasteiger partial charge on any atom is 0.336 e. The number of esters is 2. The average Bonchev–Trinajstić information content (AvgIpc) is 2.72. The van der Waals surface area contributed by atoms with Gasteiger partial charge in [-0.2, -0.15) is 0 Å². The third kappa shape index (κ3) is 4.52. The lowest BCUT2D eigenvalue weighted by molar-refractivity contribution is -0.151. The smallest absolute Gasteiger partial charge is 0.336 e. The SMILES string of the molecule is COCCOC(=O)C1=C(C)NC2=C(C(=O)[C@H](C(=O)OC)[C@@H](C)C2)[C@@H]1c1cccc(Cl)c1. The molecule has 1 aromatic rings. The Bertz CT molecular complexity index is 967. The van der Waals surface area contributed by atoms with Gasteiger partial charge in [-0.25, -0.2) is 4.79 Å². The standard InChI is InChI=1S/C23H26ClNO6/c1-12-10-16-20(21(26)17(12)22(27)30-4)19(14-6-5-7-15(24)11-14)18(13(2)25-16)23(28)31-9-8-29-3/h5-7,11-12,17,19,25H,8-10H2,1-4H3/t12-,17+,19+/m0/s1. The number of nitrogens with one attached hydrogen (secondary N) is 1. The average molecular weight is 448 g/mol. The van der Waals surface area contributed by atoms with Gasteiger partial charge in [0.25, 0.3) is 0 Å². The van der Waals surface area contributed by atoms with Gasteiger partial charge in [-0.3, -0.25) is 9.59 Å². The third-order valence-electron chi connectivity index (χ3n) is 5.67. The first-order valence-electron chi connectivity index (χ1n) is 10.0. The Kier molecular flexibility index (Phi) is 7.18. The minimum Gasteiger partial charge on any atom is -0.468 e. The summed E-state index contributed by atoms with van der Waals surface area (Å²) in [4.78, 5) is 39.0. The fraction of sp³-hybridized carbons (Fsp3) is 0.435. The first kappa shape index (κ1) is 23.0. The van der Waals surface area contributed by atoms with E-state index in [0.29, 0.717) is 39.5 Å². The Morgan fingerprint density at radius 2 is 1.97 bits per heavy atom. The van der Waals surface area contributed by atoms with Crippen LogP contribution in [0.25, 0.3) is 0 Å². The van der Waals surface area contributed by atoms with Crippen molar-refractivity contribution >= 4 is 29.3 Å². The number of carbonyl (C=O) groups excluding carboxylic acids is 3. The molecule has 1 aromatic carbocycles. The molecular formula is C23H26ClNO6. The van der Waals surface area contributed by atoms with Crippen LogP contribution in [0.3, 0.4) is 0 Å². The van der Waals surface area contributed by atoms with Crippen molar-refractivity contribution in [1.82, 2.24) is 5.32 Å². The maximum absolute atomic E-state index is 13.5. The number of benzene rings is 1. The van der Waals surface area contributed by atoms with Gasteiger partial charge in [-0.1, -0.05) is 30.7 Å². The first-order valence-corrected chi connectivity index (χ1v) is 10.4. The van der Waals surface area contributed by atoms with Crippen molar-refractivity contribution in [1.29, 1.82) is 0 Å². The van der Waals surface area contributed by atoms with E-state index in [1.54, 1.807) is 31.2 Å². The number of Topliss-reactive ketones (excluding diaryl/α,β-unsaturated/α-hetero) is 1. The normalized spacial score (nSPS) is 23.3. The lowest BCUT2D eigenvalue weighted by atomic mass is 9.69. The van der Waals surface area contributed by atoms with Crippen LogP contribution in [-0.2, 0) is 28.6 Å². The third-order valence-corrected chi connectivity index (χ3v) is 5.90. The molecule has 1 heterocycles. The van der Waals surface area contributed by atoms with Crippen molar-refractivity contribution in [2.24, 2.45) is 11.8 Å². The number of methoxy groups -OCH3 is 2. The number of ether oxygens (including phenoxy) is 3. The zero-order valence-electron chi connectivity index (χ0n) is 18.0. The molecule has 0 aromatic heterocycles. The van der Waals surface area contributed by atoms with Crippen molar-refractivity contribution < 1.29 is 28.6 Å². The van der Waals surface area contributed by atoms with E-state index >= 15 is 0 Å². The van der Waals surface area contributed by atoms with Gasteiger partial charge in [0.15, 0.2) is 5.78 Å². The van der Waals surface area contributed by atoms with Gasteiger partial charge in [0, 0.05) is 35.0 Å². The molecule has 3 rings (SSSR count). The minimum atomic E-state index is -0.934. The predicted octanol–water partition coefficient (Wildman–Crippen LogP) is 3.14. The van der Waals surface area contributed by atoms with Gasteiger partial charge in [0.05, 0.1) is 19.3 Å². The zero-order valence-corrected chi connectivity index (χ0v) is 18.7. The monoisotopic (exact) mass is 447 g/mol. The number of halogens is 1. The highest BCUT2D eigenvalue weighted by Gasteiger charge is 2.47. The highest BCUT2D eigenvalue weighted by molar-refractivity contribution is 6.30. The summed E-state index contributed by atoms with van der Waals surface area (Å²) in [7, 11) is 2.78. The number of dihydropyridines is 1. The molecular weight excluding hydrogens is 422 g/mol. The van der Waals surface area contributed by atoms with Crippen molar-refractivity contribution in [2.45, 2.75) is 26.2 Å². The van der Waals surface area contributed by atoms with E-state index in [0.717, 1.165) is 0 Å². The van der Waals surface area contributed by atoms with E-state index in [1.807, 2.05) is 6.92 Å². The topological polar surface area (TPSA) is 90.9 Å². The van der Waals surface area contributed by atoms with Crippen LogP contribution in [0.15, 0.2) is 46.8 Å². The summed E-state index contributed by atoms with van der Waals surface area (Å²) < 4.78 is 15.2. The van der Waals surface area contributed by atoms with Crippen LogP contribution in [0.1, 0.15) is 31.7 Å². The fourth-order valence-electron chi connectivity index (χ4n) is 4.27. The molecule has 0 unspecified atom stereocenters. The molecule has 1 N–H and O–H groups in total. The van der Waals surface area contributed by atoms with Gasteiger partial charge in [0.2, 0.25) is 0 Å². The number of hydrogen-bond donors (Lipinski definition) is 1. The molecule has 7 nitrogen and oxygen atoms in total. The van der Waals surface area contributed by atoms with E-state index in [1.165, 1.54) is 14.2 Å². The number of allylic oxidation sites excluding steroid dienone is 3. The van der Waals surface area contributed by atoms with Gasteiger partial charge in [0.1, 0.15) is 12.5 Å². The molecule has 0 fully saturated rings. The number of hydrogen-bond acceptors (Lipinski definition) is 7. The number of carbonyl (C=O) groups is 3. The van der Waals surface area contributed by atoms with Crippen LogP contribution in [0.2, 0.25) is 5.02 Å². The molecule has 0 bridgehead atoms. The molecule has 0 saturated carbocycles. The Balaban J connectivity index is 2.12. The lowest BCUT2D eigenvalue weighted by Gasteiger charge is -2.38. The van der Waals surface area contributed by atoms with Crippen LogP contribution in [0.5, 0.6) is 0 Å². The molecule has 3 atom stereocenters. The molecule has 0 radical (unpaired) electrons. The van der Waals surface area contributed by atoms with E-state index in [4.69, 9.17) is 25.8 Å². The fourth-order valence-corrected chi connectivity index (χ4v) is 4.46. The predicted molar refractivity (Wildman–Crippen MR) is 114 cm³/mol. The molecule has 2 aliphatic rings. The highest BCUT2D eigenvalue weighted by Crippen LogP contribution is 2.45. The van der Waals surface area contributed by atoms with E-state index < -0.39 is 23.8 Å². The number of ketones is 1. The van der Waals surface area contributed by atoms with Crippen LogP contribution < -0.4 is 5.32 Å². The summed E-state index contributed by atoms with van der Waals surface area (Å²) in [6.07, 6.45) is 0.473. The highest BCUT2D eigenvalue weighted by atomic mass is 35.5. The van der Waals surface area contributed by atoms with Crippen molar-refractivity contribution in [3.8, 4) is 0 Å². The molecule has 8 heteroatoms. The summed E-state index contributed by atoms with van der Waals surface area (Å²) in [6.45, 7) is 3.95. The van der Waals surface area contributed by atoms with Gasteiger partial charge < -0.3 is 19.5 Å². The van der Waals surface area contributed by atoms with E-state index in [-0.39, 0.29) is 24.9 Å². The molecule has 0 spiro atoms. The summed E-state index contributed by atoms with van der Waals surface area (Å²) in [6, 6.07) is 7.00. The molecule has 0 saturated heterocycles. The summed E-state index contributed by atoms with van der Waals surface area (Å²) in [5.41, 5.74) is 2.66. The Morgan fingerprint density at radius 3 is 2.61 bits per heavy atom. The summed E-state index contributed by atoms with van der Waals surface area (Å²) in [5.74, 6) is -3.38. The first-order chi connectivity index (χ1) is 14.8.